The van der Waals surface area contributed by atoms with E-state index in [-0.39, 0.29) is 23.6 Å². The number of ketones is 1. The molecule has 1 aliphatic carbocycles. The Morgan fingerprint density at radius 1 is 1.17 bits per heavy atom. The second-order valence-corrected chi connectivity index (χ2v) is 7.54. The fourth-order valence-corrected chi connectivity index (χ4v) is 3.97. The Labute approximate surface area is 166 Å². The second-order valence-electron chi connectivity index (χ2n) is 7.54. The van der Waals surface area contributed by atoms with E-state index in [2.05, 4.69) is 25.6 Å². The Hall–Kier alpha value is -3.42. The molecule has 2 aromatic carbocycles. The third-order valence-electron chi connectivity index (χ3n) is 5.56. The number of hydrogen-bond acceptors (Lipinski definition) is 6. The molecule has 1 saturated carbocycles. The monoisotopic (exact) mass is 390 g/mol. The fourth-order valence-electron chi connectivity index (χ4n) is 3.97. The van der Waals surface area contributed by atoms with E-state index in [4.69, 9.17) is 0 Å². The molecule has 0 aliphatic heterocycles. The molecule has 2 unspecified atom stereocenters. The summed E-state index contributed by atoms with van der Waals surface area (Å²) >= 11 is 0. The lowest BCUT2D eigenvalue weighted by molar-refractivity contribution is -0.120. The molecule has 0 saturated heterocycles. The molecule has 0 amide bonds. The summed E-state index contributed by atoms with van der Waals surface area (Å²) in [4.78, 5) is 20.5. The molecule has 0 spiro atoms. The molecule has 8 heteroatoms. The highest BCUT2D eigenvalue weighted by molar-refractivity contribution is 5.85. The predicted octanol–water partition coefficient (Wildman–Crippen LogP) is 3.67. The van der Waals surface area contributed by atoms with Crippen LogP contribution in [0.3, 0.4) is 0 Å². The molecule has 2 atom stereocenters. The first-order chi connectivity index (χ1) is 14.1. The molecule has 0 radical (unpaired) electrons. The van der Waals surface area contributed by atoms with E-state index < -0.39 is 0 Å². The van der Waals surface area contributed by atoms with Crippen LogP contribution in [0.2, 0.25) is 0 Å². The number of Topliss-reactive ketones (excluding diaryl/α,β-unsaturated/α-hetero) is 1. The first-order valence-corrected chi connectivity index (χ1v) is 9.62. The summed E-state index contributed by atoms with van der Waals surface area (Å²) < 4.78 is 15.1. The highest BCUT2D eigenvalue weighted by atomic mass is 19.1. The summed E-state index contributed by atoms with van der Waals surface area (Å²) in [6.45, 7) is 1.65. The van der Waals surface area contributed by atoms with Crippen LogP contribution >= 0.6 is 0 Å². The topological polar surface area (TPSA) is 85.6 Å². The quantitative estimate of drug-likeness (QED) is 0.572. The van der Waals surface area contributed by atoms with Gasteiger partial charge in [-0.3, -0.25) is 4.79 Å². The first-order valence-electron chi connectivity index (χ1n) is 9.62. The van der Waals surface area contributed by atoms with Crippen LogP contribution in [0.1, 0.15) is 26.2 Å². The molecule has 0 bridgehead atoms. The number of carbonyl (C=O) groups is 1. The molecule has 1 N–H and O–H groups in total. The molecule has 7 nitrogen and oxygen atoms in total. The van der Waals surface area contributed by atoms with Gasteiger partial charge in [-0.2, -0.15) is 9.67 Å². The maximum Gasteiger partial charge on any atom is 0.225 e. The lowest BCUT2D eigenvalue weighted by Gasteiger charge is -2.12. The largest absolute Gasteiger partial charge is 0.351 e. The third-order valence-corrected chi connectivity index (χ3v) is 5.56. The fraction of sp³-hybridized carbons (Fsp3) is 0.286. The number of aromatic nitrogens is 5. The number of fused-ring (bicyclic) bond motifs is 2. The van der Waals surface area contributed by atoms with Gasteiger partial charge >= 0.3 is 0 Å². The minimum Gasteiger partial charge on any atom is -0.351 e. The van der Waals surface area contributed by atoms with Gasteiger partial charge < -0.3 is 5.32 Å². The zero-order valence-corrected chi connectivity index (χ0v) is 15.8. The normalized spacial score (nSPS) is 19.1. The summed E-state index contributed by atoms with van der Waals surface area (Å²) in [6, 6.07) is 10.5. The van der Waals surface area contributed by atoms with Gasteiger partial charge in [-0.25, -0.2) is 9.37 Å². The zero-order chi connectivity index (χ0) is 20.0. The van der Waals surface area contributed by atoms with Gasteiger partial charge in [-0.05, 0) is 61.2 Å². The number of anilines is 1. The predicted molar refractivity (Wildman–Crippen MR) is 107 cm³/mol. The molecule has 1 fully saturated rings. The van der Waals surface area contributed by atoms with Gasteiger partial charge in [0.2, 0.25) is 5.95 Å². The van der Waals surface area contributed by atoms with E-state index in [1.54, 1.807) is 23.9 Å². The standard InChI is InChI=1S/C21H19FN6O/c1-12(29)13-3-6-17(9-13)24-21-23-11-19-20(25-21)28(27-26-19)18-7-4-14-8-16(22)5-2-15(14)10-18/h2,4-5,7-8,10-11,13,17H,3,6,9H2,1H3,(H,23,24,25). The number of rotatable bonds is 4. The number of nitrogens with zero attached hydrogens (tertiary/aromatic N) is 5. The van der Waals surface area contributed by atoms with Gasteiger partial charge in [0, 0.05) is 12.0 Å². The van der Waals surface area contributed by atoms with Gasteiger partial charge in [0.05, 0.1) is 11.9 Å². The number of halogens is 1. The van der Waals surface area contributed by atoms with Gasteiger partial charge in [0.15, 0.2) is 11.2 Å². The Morgan fingerprint density at radius 2 is 2.00 bits per heavy atom. The maximum atomic E-state index is 13.4. The second kappa shape index (κ2) is 6.88. The van der Waals surface area contributed by atoms with Crippen LogP contribution in [0.5, 0.6) is 0 Å². The van der Waals surface area contributed by atoms with E-state index in [1.807, 2.05) is 18.2 Å². The van der Waals surface area contributed by atoms with E-state index in [0.717, 1.165) is 35.7 Å². The number of benzene rings is 2. The molecule has 4 aromatic rings. The van der Waals surface area contributed by atoms with Crippen molar-refractivity contribution in [2.45, 2.75) is 32.2 Å². The lowest BCUT2D eigenvalue weighted by atomic mass is 10.0. The van der Waals surface area contributed by atoms with Crippen molar-refractivity contribution in [3.8, 4) is 5.69 Å². The average molecular weight is 390 g/mol. The highest BCUT2D eigenvalue weighted by Crippen LogP contribution is 2.28. The maximum absolute atomic E-state index is 13.4. The van der Waals surface area contributed by atoms with Gasteiger partial charge in [0.25, 0.3) is 0 Å². The van der Waals surface area contributed by atoms with E-state index in [9.17, 15) is 9.18 Å². The third kappa shape index (κ3) is 3.30. The molecular formula is C21H19FN6O. The summed E-state index contributed by atoms with van der Waals surface area (Å²) in [5.41, 5.74) is 1.96. The zero-order valence-electron chi connectivity index (χ0n) is 15.8. The molecule has 5 rings (SSSR count). The number of carbonyl (C=O) groups excluding carboxylic acids is 1. The summed E-state index contributed by atoms with van der Waals surface area (Å²) in [6.07, 6.45) is 4.26. The van der Waals surface area contributed by atoms with Crippen molar-refractivity contribution in [1.29, 1.82) is 0 Å². The Bertz CT molecular complexity index is 1240. The van der Waals surface area contributed by atoms with Crippen molar-refractivity contribution in [3.05, 3.63) is 48.4 Å². The van der Waals surface area contributed by atoms with Crippen molar-refractivity contribution >= 4 is 33.7 Å². The van der Waals surface area contributed by atoms with Gasteiger partial charge in [0.1, 0.15) is 11.6 Å². The van der Waals surface area contributed by atoms with Crippen molar-refractivity contribution < 1.29 is 9.18 Å². The first kappa shape index (κ1) is 17.7. The Kier molecular flexibility index (Phi) is 4.19. The smallest absolute Gasteiger partial charge is 0.225 e. The van der Waals surface area contributed by atoms with Crippen LogP contribution in [-0.4, -0.2) is 36.8 Å². The number of nitrogens with one attached hydrogen (secondary N) is 1. The van der Waals surface area contributed by atoms with Crippen molar-refractivity contribution in [2.24, 2.45) is 5.92 Å². The van der Waals surface area contributed by atoms with Crippen molar-refractivity contribution in [1.82, 2.24) is 25.0 Å². The molecule has 29 heavy (non-hydrogen) atoms. The molecule has 2 heterocycles. The van der Waals surface area contributed by atoms with Crippen LogP contribution in [-0.2, 0) is 4.79 Å². The molecule has 1 aliphatic rings. The minimum atomic E-state index is -0.265. The van der Waals surface area contributed by atoms with Gasteiger partial charge in [-0.15, -0.1) is 5.10 Å². The van der Waals surface area contributed by atoms with Crippen LogP contribution < -0.4 is 5.32 Å². The molecule has 146 valence electrons. The summed E-state index contributed by atoms with van der Waals surface area (Å²) in [5.74, 6) is 0.590. The van der Waals surface area contributed by atoms with Crippen LogP contribution in [0, 0.1) is 11.7 Å². The highest BCUT2D eigenvalue weighted by Gasteiger charge is 2.28. The van der Waals surface area contributed by atoms with E-state index in [0.29, 0.717) is 17.1 Å². The average Bonchev–Trinajstić information content (AvgIpc) is 3.34. The summed E-state index contributed by atoms with van der Waals surface area (Å²) in [7, 11) is 0. The lowest BCUT2D eigenvalue weighted by Crippen LogP contribution is -2.18. The summed E-state index contributed by atoms with van der Waals surface area (Å²) in [5, 5.41) is 13.4. The van der Waals surface area contributed by atoms with Crippen LogP contribution in [0.4, 0.5) is 10.3 Å². The van der Waals surface area contributed by atoms with Crippen LogP contribution in [0.15, 0.2) is 42.6 Å². The van der Waals surface area contributed by atoms with Crippen molar-refractivity contribution in [3.63, 3.8) is 0 Å². The Balaban J connectivity index is 1.47. The van der Waals surface area contributed by atoms with Crippen LogP contribution in [0.25, 0.3) is 27.6 Å². The molecular weight excluding hydrogens is 371 g/mol. The van der Waals surface area contributed by atoms with E-state index >= 15 is 0 Å². The van der Waals surface area contributed by atoms with Gasteiger partial charge in [-0.1, -0.05) is 17.3 Å². The SMILES string of the molecule is CC(=O)C1CCC(Nc2ncc3nnn(-c4ccc5cc(F)ccc5c4)c3n2)C1. The number of hydrogen-bond donors (Lipinski definition) is 1. The molecule has 2 aromatic heterocycles. The van der Waals surface area contributed by atoms with E-state index in [1.165, 1.54) is 12.1 Å². The Morgan fingerprint density at radius 3 is 2.83 bits per heavy atom. The van der Waals surface area contributed by atoms with Crippen molar-refractivity contribution in [2.75, 3.05) is 5.32 Å². The minimum absolute atomic E-state index is 0.117.